The molecule has 0 unspecified atom stereocenters. The van der Waals surface area contributed by atoms with Crippen molar-refractivity contribution in [2.75, 3.05) is 41.8 Å². The van der Waals surface area contributed by atoms with Gasteiger partial charge in [-0.25, -0.2) is 0 Å². The van der Waals surface area contributed by atoms with Gasteiger partial charge in [-0.05, 0) is 13.3 Å². The van der Waals surface area contributed by atoms with Crippen LogP contribution in [-0.2, 0) is 9.13 Å². The van der Waals surface area contributed by atoms with Crippen LogP contribution >= 0.6 is 14.3 Å². The minimum atomic E-state index is -2.40. The molecule has 0 aliphatic heterocycles. The van der Waals surface area contributed by atoms with Gasteiger partial charge < -0.3 is 29.6 Å². The summed E-state index contributed by atoms with van der Waals surface area (Å²) in [5.74, 6) is 0. The molecule has 4 aromatic rings. The van der Waals surface area contributed by atoms with Gasteiger partial charge >= 0.3 is 0 Å². The highest BCUT2D eigenvalue weighted by atomic mass is 31.2. The summed E-state index contributed by atoms with van der Waals surface area (Å²) in [4.78, 5) is 0. The molecule has 0 heterocycles. The second-order valence-electron chi connectivity index (χ2n) is 7.19. The molecule has 0 fully saturated rings. The van der Waals surface area contributed by atoms with E-state index in [1.807, 2.05) is 135 Å². The molecule has 0 atom stereocenters. The molecule has 0 aromatic heterocycles. The van der Waals surface area contributed by atoms with Crippen LogP contribution in [0.25, 0.3) is 0 Å². The van der Waals surface area contributed by atoms with E-state index in [4.69, 9.17) is 20.4 Å². The minimum Gasteiger partial charge on any atom is -0.400 e. The molecule has 0 radical (unpaired) electrons. The van der Waals surface area contributed by atoms with E-state index in [-0.39, 0.29) is 0 Å². The second-order valence-corrected chi connectivity index (χ2v) is 13.0. The van der Waals surface area contributed by atoms with Crippen LogP contribution in [0.15, 0.2) is 121 Å². The van der Waals surface area contributed by atoms with E-state index in [1.165, 1.54) is 0 Å². The fourth-order valence-electron chi connectivity index (χ4n) is 3.15. The number of benzene rings is 4. The zero-order valence-electron chi connectivity index (χ0n) is 23.0. The molecule has 6 nitrogen and oxygen atoms in total. The Bertz CT molecular complexity index is 975. The zero-order chi connectivity index (χ0) is 29.5. The van der Waals surface area contributed by atoms with Gasteiger partial charge in [0, 0.05) is 49.7 Å². The summed E-state index contributed by atoms with van der Waals surface area (Å²) < 4.78 is 25.2. The molecular weight excluding hydrogens is 518 g/mol. The van der Waals surface area contributed by atoms with Gasteiger partial charge in [-0.3, -0.25) is 0 Å². The first kappa shape index (κ1) is 37.3. The number of hydrogen-bond acceptors (Lipinski definition) is 6. The van der Waals surface area contributed by atoms with Gasteiger partial charge in [-0.1, -0.05) is 121 Å². The Morgan fingerprint density at radius 1 is 0.342 bits per heavy atom. The lowest BCUT2D eigenvalue weighted by atomic mass is 10.4. The first-order valence-electron chi connectivity index (χ1n) is 11.6. The lowest BCUT2D eigenvalue weighted by Gasteiger charge is -2.13. The van der Waals surface area contributed by atoms with Crippen molar-refractivity contribution in [3.8, 4) is 0 Å². The summed E-state index contributed by atoms with van der Waals surface area (Å²) in [6.45, 7) is 3.63. The Morgan fingerprint density at radius 3 is 0.605 bits per heavy atom. The summed E-state index contributed by atoms with van der Waals surface area (Å²) in [6.07, 6.45) is 0. The van der Waals surface area contributed by atoms with E-state index in [9.17, 15) is 9.13 Å². The summed E-state index contributed by atoms with van der Waals surface area (Å²) >= 11 is 0. The van der Waals surface area contributed by atoms with Crippen molar-refractivity contribution in [2.45, 2.75) is 0 Å². The smallest absolute Gasteiger partial charge is 0.140 e. The van der Waals surface area contributed by atoms with Crippen molar-refractivity contribution < 1.29 is 29.6 Å². The van der Waals surface area contributed by atoms with Gasteiger partial charge in [0.15, 0.2) is 0 Å². The standard InChI is InChI=1S/2C13H13OP.4CH4O/c2*1-15(14,12-8-4-2-5-9-12)13-10-6-3-7-11-13;4*1-2/h2*2-11H,1H3;4*2H,1H3. The Hall–Kier alpha value is -2.82. The maximum atomic E-state index is 12.6. The van der Waals surface area contributed by atoms with Gasteiger partial charge in [0.2, 0.25) is 0 Å². The Morgan fingerprint density at radius 2 is 0.474 bits per heavy atom. The van der Waals surface area contributed by atoms with E-state index >= 15 is 0 Å². The summed E-state index contributed by atoms with van der Waals surface area (Å²) in [6, 6.07) is 38.6. The van der Waals surface area contributed by atoms with Crippen molar-refractivity contribution >= 4 is 35.5 Å². The third kappa shape index (κ3) is 12.1. The molecule has 0 aliphatic rings. The normalized spacial score (nSPS) is 9.53. The fourth-order valence-corrected chi connectivity index (χ4v) is 6.71. The number of rotatable bonds is 4. The second kappa shape index (κ2) is 22.2. The molecular formula is C30H42O6P2. The van der Waals surface area contributed by atoms with Crippen LogP contribution in [-0.4, -0.2) is 62.2 Å². The van der Waals surface area contributed by atoms with Crippen LogP contribution in [0.4, 0.5) is 0 Å². The zero-order valence-corrected chi connectivity index (χ0v) is 24.8. The molecule has 38 heavy (non-hydrogen) atoms. The fraction of sp³-hybridized carbons (Fsp3) is 0.200. The van der Waals surface area contributed by atoms with Crippen LogP contribution in [0.3, 0.4) is 0 Å². The highest BCUT2D eigenvalue weighted by Crippen LogP contribution is 2.38. The molecule has 0 saturated carbocycles. The Labute approximate surface area is 228 Å². The van der Waals surface area contributed by atoms with Crippen molar-refractivity contribution in [3.05, 3.63) is 121 Å². The number of aliphatic hydroxyl groups is 4. The van der Waals surface area contributed by atoms with Crippen LogP contribution in [0.1, 0.15) is 0 Å². The maximum Gasteiger partial charge on any atom is 0.140 e. The molecule has 8 heteroatoms. The molecule has 0 amide bonds. The summed E-state index contributed by atoms with van der Waals surface area (Å²) in [7, 11) is -0.795. The SMILES string of the molecule is CO.CO.CO.CO.CP(=O)(c1ccccc1)c1ccccc1.CP(=O)(c1ccccc1)c1ccccc1. The third-order valence-corrected chi connectivity index (χ3v) is 10.1. The van der Waals surface area contributed by atoms with Crippen LogP contribution < -0.4 is 21.2 Å². The minimum absolute atomic E-state index is 0.913. The lowest BCUT2D eigenvalue weighted by molar-refractivity contribution is 0.399. The first-order chi connectivity index (χ1) is 18.4. The van der Waals surface area contributed by atoms with Gasteiger partial charge in [0.25, 0.3) is 0 Å². The molecule has 4 N–H and O–H groups in total. The molecule has 0 spiro atoms. The summed E-state index contributed by atoms with van der Waals surface area (Å²) in [5, 5.41) is 31.7. The van der Waals surface area contributed by atoms with E-state index < -0.39 is 14.3 Å². The van der Waals surface area contributed by atoms with E-state index in [0.29, 0.717) is 0 Å². The topological polar surface area (TPSA) is 115 Å². The Balaban J connectivity index is 0. The summed E-state index contributed by atoms with van der Waals surface area (Å²) in [5.41, 5.74) is 0. The van der Waals surface area contributed by atoms with E-state index in [0.717, 1.165) is 49.7 Å². The third-order valence-electron chi connectivity index (χ3n) is 5.00. The molecule has 4 rings (SSSR count). The average molecular weight is 561 g/mol. The van der Waals surface area contributed by atoms with Crippen LogP contribution in [0, 0.1) is 0 Å². The van der Waals surface area contributed by atoms with Gasteiger partial charge in [-0.15, -0.1) is 0 Å². The Kier molecular flexibility index (Phi) is 21.8. The molecule has 0 saturated heterocycles. The van der Waals surface area contributed by atoms with E-state index in [2.05, 4.69) is 0 Å². The lowest BCUT2D eigenvalue weighted by Crippen LogP contribution is -2.14. The highest BCUT2D eigenvalue weighted by molar-refractivity contribution is 7.78. The maximum absolute atomic E-state index is 12.6. The predicted molar refractivity (Wildman–Crippen MR) is 164 cm³/mol. The van der Waals surface area contributed by atoms with Crippen LogP contribution in [0.5, 0.6) is 0 Å². The quantitative estimate of drug-likeness (QED) is 0.283. The van der Waals surface area contributed by atoms with Crippen molar-refractivity contribution in [1.82, 2.24) is 0 Å². The number of hydrogen-bond donors (Lipinski definition) is 4. The average Bonchev–Trinajstić information content (AvgIpc) is 3.03. The molecule has 4 aromatic carbocycles. The first-order valence-corrected chi connectivity index (χ1v) is 15.9. The molecule has 0 bridgehead atoms. The van der Waals surface area contributed by atoms with Crippen molar-refractivity contribution in [3.63, 3.8) is 0 Å². The molecule has 0 aliphatic carbocycles. The van der Waals surface area contributed by atoms with E-state index in [1.54, 1.807) is 0 Å². The van der Waals surface area contributed by atoms with Crippen molar-refractivity contribution in [2.24, 2.45) is 0 Å². The van der Waals surface area contributed by atoms with Gasteiger partial charge in [0.1, 0.15) is 14.3 Å². The van der Waals surface area contributed by atoms with Gasteiger partial charge in [0.05, 0.1) is 0 Å². The number of aliphatic hydroxyl groups excluding tert-OH is 4. The molecule has 208 valence electrons. The predicted octanol–water partition coefficient (Wildman–Crippen LogP) is 3.69. The highest BCUT2D eigenvalue weighted by Gasteiger charge is 2.20. The monoisotopic (exact) mass is 560 g/mol. The largest absolute Gasteiger partial charge is 0.400 e. The van der Waals surface area contributed by atoms with Gasteiger partial charge in [-0.2, -0.15) is 0 Å². The van der Waals surface area contributed by atoms with Crippen molar-refractivity contribution in [1.29, 1.82) is 0 Å². The van der Waals surface area contributed by atoms with Crippen LogP contribution in [0.2, 0.25) is 0 Å².